The van der Waals surface area contributed by atoms with Crippen molar-refractivity contribution in [1.82, 2.24) is 10.6 Å². The first-order valence-electron chi connectivity index (χ1n) is 7.79. The van der Waals surface area contributed by atoms with Gasteiger partial charge < -0.3 is 37.4 Å². The third kappa shape index (κ3) is 8.98. The van der Waals surface area contributed by atoms with E-state index in [0.717, 1.165) is 0 Å². The van der Waals surface area contributed by atoms with Crippen molar-refractivity contribution in [3.8, 4) is 0 Å². The molecule has 0 saturated heterocycles. The van der Waals surface area contributed by atoms with Crippen molar-refractivity contribution >= 4 is 23.8 Å². The third-order valence-corrected chi connectivity index (χ3v) is 3.36. The molecule has 11 nitrogen and oxygen atoms in total. The van der Waals surface area contributed by atoms with Crippen LogP contribution >= 0.6 is 0 Å². The summed E-state index contributed by atoms with van der Waals surface area (Å²) in [5, 5.41) is 31.5. The van der Waals surface area contributed by atoms with Gasteiger partial charge in [-0.25, -0.2) is 4.79 Å². The lowest BCUT2D eigenvalue weighted by molar-refractivity contribution is -0.145. The lowest BCUT2D eigenvalue weighted by atomic mass is 10.1. The standard InChI is InChI=1S/C14H26N4O7/c1-7(19)11(14(24)25)18-13(23)9(4-2-3-5-15)17-12(22)8(16)6-10(20)21/h7-9,11,19H,2-6,15-16H2,1H3,(H,17,22)(H,18,23)(H,20,21)(H,24,25)/t7-,8+,9+,11+/m1/s1. The number of amides is 2. The molecule has 0 rings (SSSR count). The number of nitrogens with one attached hydrogen (secondary N) is 2. The predicted molar refractivity (Wildman–Crippen MR) is 86.3 cm³/mol. The monoisotopic (exact) mass is 362 g/mol. The molecular weight excluding hydrogens is 336 g/mol. The van der Waals surface area contributed by atoms with Crippen LogP contribution in [0, 0.1) is 0 Å². The summed E-state index contributed by atoms with van der Waals surface area (Å²) >= 11 is 0. The van der Waals surface area contributed by atoms with E-state index in [1.54, 1.807) is 0 Å². The van der Waals surface area contributed by atoms with Gasteiger partial charge >= 0.3 is 11.9 Å². The number of hydrogen-bond donors (Lipinski definition) is 7. The summed E-state index contributed by atoms with van der Waals surface area (Å²) in [6.45, 7) is 1.57. The Kier molecular flexibility index (Phi) is 10.3. The molecule has 0 aromatic heterocycles. The van der Waals surface area contributed by atoms with Crippen LogP contribution in [0.1, 0.15) is 32.6 Å². The van der Waals surface area contributed by atoms with E-state index in [0.29, 0.717) is 19.4 Å². The molecule has 144 valence electrons. The highest BCUT2D eigenvalue weighted by Gasteiger charge is 2.30. The number of carboxylic acid groups (broad SMARTS) is 2. The predicted octanol–water partition coefficient (Wildman–Crippen LogP) is -2.65. The van der Waals surface area contributed by atoms with E-state index in [1.807, 2.05) is 0 Å². The summed E-state index contributed by atoms with van der Waals surface area (Å²) in [6, 6.07) is -4.03. The second-order valence-corrected chi connectivity index (χ2v) is 5.62. The molecule has 0 aliphatic carbocycles. The zero-order valence-corrected chi connectivity index (χ0v) is 14.0. The van der Waals surface area contributed by atoms with Crippen molar-refractivity contribution < 1.29 is 34.5 Å². The van der Waals surface area contributed by atoms with Crippen molar-refractivity contribution in [2.24, 2.45) is 11.5 Å². The van der Waals surface area contributed by atoms with Gasteiger partial charge in [0.15, 0.2) is 6.04 Å². The minimum Gasteiger partial charge on any atom is -0.481 e. The smallest absolute Gasteiger partial charge is 0.328 e. The Bertz CT molecular complexity index is 484. The molecule has 4 atom stereocenters. The molecule has 0 spiro atoms. The number of nitrogens with two attached hydrogens (primary N) is 2. The zero-order valence-electron chi connectivity index (χ0n) is 14.0. The number of aliphatic hydroxyl groups excluding tert-OH is 1. The van der Waals surface area contributed by atoms with Gasteiger partial charge in [-0.2, -0.15) is 0 Å². The summed E-state index contributed by atoms with van der Waals surface area (Å²) in [4.78, 5) is 45.8. The van der Waals surface area contributed by atoms with E-state index in [1.165, 1.54) is 6.92 Å². The fourth-order valence-corrected chi connectivity index (χ4v) is 1.96. The number of hydrogen-bond acceptors (Lipinski definition) is 7. The lowest BCUT2D eigenvalue weighted by Gasteiger charge is -2.23. The molecule has 0 aliphatic heterocycles. The largest absolute Gasteiger partial charge is 0.481 e. The fourth-order valence-electron chi connectivity index (χ4n) is 1.96. The third-order valence-electron chi connectivity index (χ3n) is 3.36. The van der Waals surface area contributed by atoms with Gasteiger partial charge in [0.2, 0.25) is 11.8 Å². The Hall–Kier alpha value is -2.24. The molecule has 0 heterocycles. The van der Waals surface area contributed by atoms with Gasteiger partial charge in [-0.05, 0) is 32.7 Å². The zero-order chi connectivity index (χ0) is 19.6. The van der Waals surface area contributed by atoms with Crippen LogP contribution in [-0.2, 0) is 19.2 Å². The molecule has 0 aliphatic rings. The molecule has 0 unspecified atom stereocenters. The first kappa shape index (κ1) is 22.8. The average molecular weight is 362 g/mol. The van der Waals surface area contributed by atoms with Gasteiger partial charge in [-0.15, -0.1) is 0 Å². The van der Waals surface area contributed by atoms with Gasteiger partial charge in [-0.3, -0.25) is 14.4 Å². The molecule has 0 bridgehead atoms. The minimum atomic E-state index is -1.55. The summed E-state index contributed by atoms with van der Waals surface area (Å²) in [5.74, 6) is -4.37. The molecule has 0 aromatic carbocycles. The molecule has 0 saturated carbocycles. The average Bonchev–Trinajstić information content (AvgIpc) is 2.49. The molecular formula is C14H26N4O7. The second-order valence-electron chi connectivity index (χ2n) is 5.62. The fraction of sp³-hybridized carbons (Fsp3) is 0.714. The summed E-state index contributed by atoms with van der Waals surface area (Å²) in [6.07, 6.45) is -0.777. The summed E-state index contributed by atoms with van der Waals surface area (Å²) in [5.41, 5.74) is 10.8. The molecule has 11 heteroatoms. The maximum absolute atomic E-state index is 12.2. The van der Waals surface area contributed by atoms with Crippen molar-refractivity contribution in [2.45, 2.75) is 56.8 Å². The van der Waals surface area contributed by atoms with E-state index in [9.17, 15) is 24.3 Å². The van der Waals surface area contributed by atoms with Crippen LogP contribution in [0.3, 0.4) is 0 Å². The normalized spacial score (nSPS) is 15.5. The number of rotatable bonds is 12. The van der Waals surface area contributed by atoms with E-state index in [4.69, 9.17) is 21.7 Å². The Labute approximate surface area is 144 Å². The number of unbranched alkanes of at least 4 members (excludes halogenated alkanes) is 1. The maximum atomic E-state index is 12.2. The number of aliphatic hydroxyl groups is 1. The summed E-state index contributed by atoms with van der Waals surface area (Å²) in [7, 11) is 0. The number of carbonyl (C=O) groups excluding carboxylic acids is 2. The van der Waals surface area contributed by atoms with E-state index < -0.39 is 54.4 Å². The SMILES string of the molecule is C[C@@H](O)[C@H](NC(=O)[C@H](CCCCN)NC(=O)[C@@H](N)CC(=O)O)C(=O)O. The van der Waals surface area contributed by atoms with Crippen LogP contribution in [0.25, 0.3) is 0 Å². The van der Waals surface area contributed by atoms with Crippen molar-refractivity contribution in [3.05, 3.63) is 0 Å². The Balaban J connectivity index is 5.01. The quantitative estimate of drug-likeness (QED) is 0.181. The van der Waals surface area contributed by atoms with E-state index >= 15 is 0 Å². The highest BCUT2D eigenvalue weighted by Crippen LogP contribution is 2.04. The second kappa shape index (κ2) is 11.3. The van der Waals surface area contributed by atoms with Crippen molar-refractivity contribution in [3.63, 3.8) is 0 Å². The molecule has 2 amide bonds. The summed E-state index contributed by atoms with van der Waals surface area (Å²) < 4.78 is 0. The van der Waals surface area contributed by atoms with E-state index in [-0.39, 0.29) is 6.42 Å². The van der Waals surface area contributed by atoms with Gasteiger partial charge in [0.25, 0.3) is 0 Å². The van der Waals surface area contributed by atoms with Crippen LogP contribution in [0.5, 0.6) is 0 Å². The number of aliphatic carboxylic acids is 2. The topological polar surface area (TPSA) is 205 Å². The van der Waals surface area contributed by atoms with Gasteiger partial charge in [0, 0.05) is 0 Å². The van der Waals surface area contributed by atoms with Gasteiger partial charge in [0.05, 0.1) is 18.6 Å². The van der Waals surface area contributed by atoms with Crippen LogP contribution in [0.15, 0.2) is 0 Å². The number of carbonyl (C=O) groups is 4. The first-order chi connectivity index (χ1) is 11.6. The van der Waals surface area contributed by atoms with Gasteiger partial charge in [0.1, 0.15) is 6.04 Å². The van der Waals surface area contributed by atoms with E-state index in [2.05, 4.69) is 10.6 Å². The van der Waals surface area contributed by atoms with Crippen molar-refractivity contribution in [2.75, 3.05) is 6.54 Å². The van der Waals surface area contributed by atoms with Crippen LogP contribution in [-0.4, -0.2) is 69.8 Å². The highest BCUT2D eigenvalue weighted by atomic mass is 16.4. The minimum absolute atomic E-state index is 0.153. The van der Waals surface area contributed by atoms with Crippen LogP contribution in [0.2, 0.25) is 0 Å². The number of carboxylic acids is 2. The molecule has 0 aromatic rings. The Morgan fingerprint density at radius 1 is 1.04 bits per heavy atom. The first-order valence-corrected chi connectivity index (χ1v) is 7.79. The van der Waals surface area contributed by atoms with Crippen LogP contribution < -0.4 is 22.1 Å². The molecule has 9 N–H and O–H groups in total. The van der Waals surface area contributed by atoms with Gasteiger partial charge in [-0.1, -0.05) is 0 Å². The lowest BCUT2D eigenvalue weighted by Crippen LogP contribution is -2.56. The molecule has 0 radical (unpaired) electrons. The molecule has 0 fully saturated rings. The highest BCUT2D eigenvalue weighted by molar-refractivity contribution is 5.93. The maximum Gasteiger partial charge on any atom is 0.328 e. The van der Waals surface area contributed by atoms with Crippen molar-refractivity contribution in [1.29, 1.82) is 0 Å². The van der Waals surface area contributed by atoms with Crippen LogP contribution in [0.4, 0.5) is 0 Å². The Morgan fingerprint density at radius 2 is 1.64 bits per heavy atom. The molecule has 25 heavy (non-hydrogen) atoms. The Morgan fingerprint density at radius 3 is 2.08 bits per heavy atom.